The summed E-state index contributed by atoms with van der Waals surface area (Å²) in [5.41, 5.74) is 4.76. The topological polar surface area (TPSA) is 56.1 Å². The smallest absolute Gasteiger partial charge is 0.251 e. The molecule has 3 rings (SSSR count). The lowest BCUT2D eigenvalue weighted by Crippen LogP contribution is -2.23. The molecule has 28 heavy (non-hydrogen) atoms. The molecule has 0 aliphatic rings. The zero-order chi connectivity index (χ0) is 20.1. The van der Waals surface area contributed by atoms with Gasteiger partial charge in [0.1, 0.15) is 12.4 Å². The summed E-state index contributed by atoms with van der Waals surface area (Å²) in [6.45, 7) is 7.14. The van der Waals surface area contributed by atoms with Gasteiger partial charge in [-0.25, -0.2) is 0 Å². The van der Waals surface area contributed by atoms with Crippen molar-refractivity contribution in [1.29, 1.82) is 0 Å². The lowest BCUT2D eigenvalue weighted by atomic mass is 10.0. The maximum atomic E-state index is 12.5. The number of hydrogen-bond acceptors (Lipinski definition) is 3. The van der Waals surface area contributed by atoms with Crippen LogP contribution in [0.15, 0.2) is 54.6 Å². The van der Waals surface area contributed by atoms with Crippen LogP contribution in [-0.2, 0) is 20.2 Å². The van der Waals surface area contributed by atoms with E-state index in [1.54, 1.807) is 10.7 Å². The van der Waals surface area contributed by atoms with Crippen LogP contribution in [0.3, 0.4) is 0 Å². The van der Waals surface area contributed by atoms with E-state index in [2.05, 4.69) is 36.4 Å². The summed E-state index contributed by atoms with van der Waals surface area (Å²) in [6.07, 6.45) is 0. The first kappa shape index (κ1) is 19.7. The summed E-state index contributed by atoms with van der Waals surface area (Å²) in [5.74, 6) is 1.20. The number of rotatable bonds is 7. The van der Waals surface area contributed by atoms with Crippen molar-refractivity contribution in [2.45, 2.75) is 39.8 Å². The summed E-state index contributed by atoms with van der Waals surface area (Å²) in [4.78, 5) is 12.5. The Bertz CT molecular complexity index is 923. The summed E-state index contributed by atoms with van der Waals surface area (Å²) in [5, 5.41) is 7.27. The van der Waals surface area contributed by atoms with E-state index >= 15 is 0 Å². The van der Waals surface area contributed by atoms with Crippen LogP contribution in [0.2, 0.25) is 0 Å². The molecule has 0 spiro atoms. The molecule has 0 aliphatic heterocycles. The zero-order valence-corrected chi connectivity index (χ0v) is 16.9. The minimum atomic E-state index is -0.119. The summed E-state index contributed by atoms with van der Waals surface area (Å²) in [7, 11) is 1.89. The van der Waals surface area contributed by atoms with Crippen molar-refractivity contribution in [3.8, 4) is 5.75 Å². The fourth-order valence-electron chi connectivity index (χ4n) is 2.91. The van der Waals surface area contributed by atoms with Gasteiger partial charge in [-0.05, 0) is 54.3 Å². The van der Waals surface area contributed by atoms with Gasteiger partial charge in [-0.1, -0.05) is 38.1 Å². The van der Waals surface area contributed by atoms with Crippen molar-refractivity contribution in [1.82, 2.24) is 15.1 Å². The van der Waals surface area contributed by atoms with Gasteiger partial charge in [0, 0.05) is 18.3 Å². The Kier molecular flexibility index (Phi) is 6.14. The van der Waals surface area contributed by atoms with Gasteiger partial charge in [0.15, 0.2) is 0 Å². The fourth-order valence-corrected chi connectivity index (χ4v) is 2.91. The second kappa shape index (κ2) is 8.74. The highest BCUT2D eigenvalue weighted by molar-refractivity contribution is 5.94. The van der Waals surface area contributed by atoms with E-state index in [1.807, 2.05) is 50.4 Å². The zero-order valence-electron chi connectivity index (χ0n) is 16.9. The SMILES string of the molecule is Cc1cc(CNC(=O)c2cccc(COc3ccc(C(C)C)cc3)c2)nn1C. The van der Waals surface area contributed by atoms with Crippen LogP contribution in [0.4, 0.5) is 0 Å². The molecule has 0 bridgehead atoms. The second-order valence-electron chi connectivity index (χ2n) is 7.30. The maximum absolute atomic E-state index is 12.5. The van der Waals surface area contributed by atoms with Crippen molar-refractivity contribution >= 4 is 5.91 Å². The Morgan fingerprint density at radius 1 is 1.14 bits per heavy atom. The largest absolute Gasteiger partial charge is 0.489 e. The maximum Gasteiger partial charge on any atom is 0.251 e. The van der Waals surface area contributed by atoms with Crippen LogP contribution in [0.1, 0.15) is 52.6 Å². The number of ether oxygens (including phenoxy) is 1. The molecule has 3 aromatic rings. The molecule has 0 fully saturated rings. The van der Waals surface area contributed by atoms with E-state index in [-0.39, 0.29) is 5.91 Å². The lowest BCUT2D eigenvalue weighted by Gasteiger charge is -2.10. The quantitative estimate of drug-likeness (QED) is 0.665. The highest BCUT2D eigenvalue weighted by Gasteiger charge is 2.08. The fraction of sp³-hybridized carbons (Fsp3) is 0.304. The van der Waals surface area contributed by atoms with Crippen LogP contribution >= 0.6 is 0 Å². The van der Waals surface area contributed by atoms with Gasteiger partial charge < -0.3 is 10.1 Å². The summed E-state index contributed by atoms with van der Waals surface area (Å²) in [6, 6.07) is 17.6. The summed E-state index contributed by atoms with van der Waals surface area (Å²) < 4.78 is 7.66. The average molecular weight is 377 g/mol. The van der Waals surface area contributed by atoms with E-state index in [1.165, 1.54) is 5.56 Å². The molecule has 1 aromatic heterocycles. The number of aromatic nitrogens is 2. The Balaban J connectivity index is 1.57. The van der Waals surface area contributed by atoms with Crippen molar-refractivity contribution in [3.63, 3.8) is 0 Å². The molecule has 1 heterocycles. The summed E-state index contributed by atoms with van der Waals surface area (Å²) >= 11 is 0. The standard InChI is InChI=1S/C23H27N3O2/c1-16(2)19-8-10-22(11-9-19)28-15-18-6-5-7-20(13-18)23(27)24-14-21-12-17(3)26(4)25-21/h5-13,16H,14-15H2,1-4H3,(H,24,27). The van der Waals surface area contributed by atoms with E-state index in [0.29, 0.717) is 24.6 Å². The molecule has 0 atom stereocenters. The Hall–Kier alpha value is -3.08. The number of aryl methyl sites for hydroxylation is 2. The molecule has 5 heteroatoms. The molecule has 0 radical (unpaired) electrons. The molecule has 0 saturated heterocycles. The third-order valence-corrected chi connectivity index (χ3v) is 4.74. The predicted octanol–water partition coefficient (Wildman–Crippen LogP) is 4.36. The number of carbonyl (C=O) groups excluding carboxylic acids is 1. The van der Waals surface area contributed by atoms with Gasteiger partial charge >= 0.3 is 0 Å². The van der Waals surface area contributed by atoms with Crippen LogP contribution in [0.25, 0.3) is 0 Å². The third kappa shape index (κ3) is 5.00. The first-order valence-electron chi connectivity index (χ1n) is 9.52. The van der Waals surface area contributed by atoms with Gasteiger partial charge in [0.2, 0.25) is 0 Å². The van der Waals surface area contributed by atoms with Crippen LogP contribution < -0.4 is 10.1 Å². The number of carbonyl (C=O) groups is 1. The minimum Gasteiger partial charge on any atom is -0.489 e. The molecule has 1 amide bonds. The predicted molar refractivity (Wildman–Crippen MR) is 110 cm³/mol. The molecule has 1 N–H and O–H groups in total. The van der Waals surface area contributed by atoms with E-state index in [0.717, 1.165) is 22.7 Å². The molecule has 0 aliphatic carbocycles. The number of amides is 1. The molecule has 146 valence electrons. The number of benzene rings is 2. The molecule has 5 nitrogen and oxygen atoms in total. The molecule has 0 unspecified atom stereocenters. The average Bonchev–Trinajstić information content (AvgIpc) is 3.02. The monoisotopic (exact) mass is 377 g/mol. The van der Waals surface area contributed by atoms with Crippen molar-refractivity contribution in [3.05, 3.63) is 82.7 Å². The minimum absolute atomic E-state index is 0.119. The van der Waals surface area contributed by atoms with Gasteiger partial charge in [-0.2, -0.15) is 5.10 Å². The highest BCUT2D eigenvalue weighted by atomic mass is 16.5. The lowest BCUT2D eigenvalue weighted by molar-refractivity contribution is 0.0950. The molecular weight excluding hydrogens is 350 g/mol. The first-order chi connectivity index (χ1) is 13.4. The number of nitrogens with one attached hydrogen (secondary N) is 1. The van der Waals surface area contributed by atoms with E-state index in [9.17, 15) is 4.79 Å². The highest BCUT2D eigenvalue weighted by Crippen LogP contribution is 2.19. The van der Waals surface area contributed by atoms with Gasteiger partial charge in [0.05, 0.1) is 12.2 Å². The van der Waals surface area contributed by atoms with Crippen molar-refractivity contribution in [2.75, 3.05) is 0 Å². The van der Waals surface area contributed by atoms with Gasteiger partial charge in [0.25, 0.3) is 5.91 Å². The normalized spacial score (nSPS) is 10.9. The second-order valence-corrected chi connectivity index (χ2v) is 7.30. The first-order valence-corrected chi connectivity index (χ1v) is 9.52. The third-order valence-electron chi connectivity index (χ3n) is 4.74. The number of hydrogen-bond donors (Lipinski definition) is 1. The van der Waals surface area contributed by atoms with Crippen molar-refractivity contribution < 1.29 is 9.53 Å². The molecule has 0 saturated carbocycles. The van der Waals surface area contributed by atoms with Crippen molar-refractivity contribution in [2.24, 2.45) is 7.05 Å². The molecular formula is C23H27N3O2. The Morgan fingerprint density at radius 3 is 2.54 bits per heavy atom. The number of nitrogens with zero attached hydrogens (tertiary/aromatic N) is 2. The van der Waals surface area contributed by atoms with Crippen LogP contribution in [0, 0.1) is 6.92 Å². The Morgan fingerprint density at radius 2 is 1.89 bits per heavy atom. The molecule has 2 aromatic carbocycles. The van der Waals surface area contributed by atoms with E-state index < -0.39 is 0 Å². The van der Waals surface area contributed by atoms with Gasteiger partial charge in [-0.15, -0.1) is 0 Å². The Labute approximate surface area is 166 Å². The van der Waals surface area contributed by atoms with Crippen LogP contribution in [0.5, 0.6) is 5.75 Å². The van der Waals surface area contributed by atoms with Gasteiger partial charge in [-0.3, -0.25) is 9.48 Å². The van der Waals surface area contributed by atoms with E-state index in [4.69, 9.17) is 4.74 Å². The van der Waals surface area contributed by atoms with Crippen LogP contribution in [-0.4, -0.2) is 15.7 Å².